The fourth-order valence-electron chi connectivity index (χ4n) is 2.88. The third-order valence-corrected chi connectivity index (χ3v) is 5.48. The molecule has 0 radical (unpaired) electrons. The van der Waals surface area contributed by atoms with Crippen molar-refractivity contribution < 1.29 is 28.5 Å². The zero-order valence-corrected chi connectivity index (χ0v) is 18.4. The maximum Gasteiger partial charge on any atom is 0.350 e. The third-order valence-electron chi connectivity index (χ3n) is 4.32. The highest BCUT2D eigenvalue weighted by Crippen LogP contribution is 2.39. The van der Waals surface area contributed by atoms with Gasteiger partial charge in [-0.3, -0.25) is 4.79 Å². The zero-order chi connectivity index (χ0) is 22.4. The van der Waals surface area contributed by atoms with Crippen molar-refractivity contribution in [2.24, 2.45) is 0 Å². The number of carbonyl (C=O) groups excluding carboxylic acids is 2. The van der Waals surface area contributed by atoms with E-state index in [1.54, 1.807) is 51.5 Å². The van der Waals surface area contributed by atoms with Gasteiger partial charge in [0.05, 0.1) is 33.6 Å². The first-order valence-corrected chi connectivity index (χ1v) is 10.2. The molecule has 0 saturated heterocycles. The van der Waals surface area contributed by atoms with Gasteiger partial charge in [-0.15, -0.1) is 11.3 Å². The topological polar surface area (TPSA) is 96.0 Å². The molecule has 0 fully saturated rings. The maximum absolute atomic E-state index is 12.8. The van der Waals surface area contributed by atoms with Crippen LogP contribution in [0.5, 0.6) is 17.4 Å². The highest BCUT2D eigenvalue weighted by atomic mass is 32.1. The van der Waals surface area contributed by atoms with Gasteiger partial charge in [0.2, 0.25) is 5.88 Å². The van der Waals surface area contributed by atoms with E-state index in [9.17, 15) is 9.59 Å². The Bertz CT molecular complexity index is 1100. The van der Waals surface area contributed by atoms with Gasteiger partial charge in [0.15, 0.2) is 11.5 Å². The predicted octanol–water partition coefficient (Wildman–Crippen LogP) is 4.26. The summed E-state index contributed by atoms with van der Waals surface area (Å²) in [5, 5.41) is 2.78. The molecule has 0 aliphatic rings. The number of rotatable bonds is 8. The number of esters is 1. The summed E-state index contributed by atoms with van der Waals surface area (Å²) in [7, 11) is 4.54. The van der Waals surface area contributed by atoms with Crippen molar-refractivity contribution in [1.82, 2.24) is 4.98 Å². The van der Waals surface area contributed by atoms with Crippen LogP contribution in [0.15, 0.2) is 42.6 Å². The Kier molecular flexibility index (Phi) is 7.09. The number of carbonyl (C=O) groups is 2. The molecule has 2 heterocycles. The first-order valence-electron chi connectivity index (χ1n) is 9.36. The van der Waals surface area contributed by atoms with Gasteiger partial charge in [-0.2, -0.15) is 0 Å². The van der Waals surface area contributed by atoms with Gasteiger partial charge in [0.25, 0.3) is 5.91 Å². The van der Waals surface area contributed by atoms with Gasteiger partial charge in [0.1, 0.15) is 10.4 Å². The van der Waals surface area contributed by atoms with Crippen LogP contribution in [-0.4, -0.2) is 44.8 Å². The molecule has 0 aliphatic carbocycles. The van der Waals surface area contributed by atoms with Crippen LogP contribution in [0.4, 0.5) is 5.69 Å². The third kappa shape index (κ3) is 4.77. The zero-order valence-electron chi connectivity index (χ0n) is 17.6. The molecule has 0 bridgehead atoms. The SMILES string of the molecule is CCOC(=O)c1sc(-c2ccc(OC)c(OC)c2)cc1NC(=O)c1cccnc1OC. The van der Waals surface area contributed by atoms with Crippen molar-refractivity contribution in [3.8, 4) is 27.8 Å². The lowest BCUT2D eigenvalue weighted by Crippen LogP contribution is -2.15. The van der Waals surface area contributed by atoms with Crippen LogP contribution in [-0.2, 0) is 4.74 Å². The molecule has 1 aromatic carbocycles. The summed E-state index contributed by atoms with van der Waals surface area (Å²) in [5.41, 5.74) is 1.38. The second kappa shape index (κ2) is 9.94. The van der Waals surface area contributed by atoms with Crippen molar-refractivity contribution in [2.75, 3.05) is 33.3 Å². The van der Waals surface area contributed by atoms with Gasteiger partial charge in [-0.1, -0.05) is 0 Å². The lowest BCUT2D eigenvalue weighted by molar-refractivity contribution is 0.0533. The van der Waals surface area contributed by atoms with Crippen LogP contribution in [0.3, 0.4) is 0 Å². The molecule has 0 unspecified atom stereocenters. The lowest BCUT2D eigenvalue weighted by Gasteiger charge is -2.08. The Hall–Kier alpha value is -3.59. The van der Waals surface area contributed by atoms with E-state index in [1.807, 2.05) is 6.07 Å². The molecule has 2 aromatic heterocycles. The minimum absolute atomic E-state index is 0.188. The van der Waals surface area contributed by atoms with E-state index < -0.39 is 11.9 Å². The fourth-order valence-corrected chi connectivity index (χ4v) is 3.88. The summed E-state index contributed by atoms with van der Waals surface area (Å²) >= 11 is 1.21. The summed E-state index contributed by atoms with van der Waals surface area (Å²) in [6.45, 7) is 1.94. The number of benzene rings is 1. The second-order valence-corrected chi connectivity index (χ2v) is 7.21. The van der Waals surface area contributed by atoms with E-state index in [0.717, 1.165) is 10.4 Å². The molecule has 3 rings (SSSR count). The minimum atomic E-state index is -0.521. The van der Waals surface area contributed by atoms with Gasteiger partial charge in [0, 0.05) is 11.1 Å². The quantitative estimate of drug-likeness (QED) is 0.521. The van der Waals surface area contributed by atoms with Crippen LogP contribution in [0.1, 0.15) is 27.0 Å². The van der Waals surface area contributed by atoms with Crippen molar-refractivity contribution in [3.05, 3.63) is 53.0 Å². The van der Waals surface area contributed by atoms with Gasteiger partial charge >= 0.3 is 5.97 Å². The van der Waals surface area contributed by atoms with E-state index in [1.165, 1.54) is 24.6 Å². The van der Waals surface area contributed by atoms with Crippen molar-refractivity contribution >= 4 is 28.9 Å². The summed E-state index contributed by atoms with van der Waals surface area (Å²) in [6, 6.07) is 10.4. The molecule has 0 atom stereocenters. The number of thiophene rings is 1. The van der Waals surface area contributed by atoms with Crippen LogP contribution in [0, 0.1) is 0 Å². The molecular weight excluding hydrogens is 420 g/mol. The number of nitrogens with one attached hydrogen (secondary N) is 1. The number of methoxy groups -OCH3 is 3. The Labute approximate surface area is 183 Å². The van der Waals surface area contributed by atoms with Gasteiger partial charge < -0.3 is 24.3 Å². The Morgan fingerprint density at radius 2 is 1.81 bits per heavy atom. The number of anilines is 1. The molecule has 162 valence electrons. The molecule has 1 amide bonds. The molecule has 3 aromatic rings. The average molecular weight is 442 g/mol. The molecule has 0 spiro atoms. The van der Waals surface area contributed by atoms with Crippen LogP contribution < -0.4 is 19.5 Å². The summed E-state index contributed by atoms with van der Waals surface area (Å²) in [5.74, 6) is 0.357. The van der Waals surface area contributed by atoms with Gasteiger partial charge in [-0.05, 0) is 48.9 Å². The Morgan fingerprint density at radius 1 is 1.03 bits per heavy atom. The Morgan fingerprint density at radius 3 is 2.48 bits per heavy atom. The van der Waals surface area contributed by atoms with E-state index in [2.05, 4.69) is 10.3 Å². The number of ether oxygens (including phenoxy) is 4. The van der Waals surface area contributed by atoms with E-state index in [4.69, 9.17) is 18.9 Å². The summed E-state index contributed by atoms with van der Waals surface area (Å²) in [4.78, 5) is 30.4. The van der Waals surface area contributed by atoms with Crippen molar-refractivity contribution in [2.45, 2.75) is 6.92 Å². The van der Waals surface area contributed by atoms with Crippen LogP contribution in [0.2, 0.25) is 0 Å². The van der Waals surface area contributed by atoms with Crippen molar-refractivity contribution in [1.29, 1.82) is 0 Å². The number of amides is 1. The highest BCUT2D eigenvalue weighted by molar-refractivity contribution is 7.18. The van der Waals surface area contributed by atoms with E-state index in [-0.39, 0.29) is 22.9 Å². The molecule has 31 heavy (non-hydrogen) atoms. The first kappa shape index (κ1) is 22.1. The number of hydrogen-bond donors (Lipinski definition) is 1. The van der Waals surface area contributed by atoms with Crippen LogP contribution in [0.25, 0.3) is 10.4 Å². The minimum Gasteiger partial charge on any atom is -0.493 e. The number of nitrogens with zero attached hydrogens (tertiary/aromatic N) is 1. The molecule has 1 N–H and O–H groups in total. The maximum atomic E-state index is 12.8. The molecule has 8 nitrogen and oxygen atoms in total. The number of aromatic nitrogens is 1. The summed E-state index contributed by atoms with van der Waals surface area (Å²) < 4.78 is 21.0. The first-order chi connectivity index (χ1) is 15.0. The normalized spacial score (nSPS) is 10.3. The van der Waals surface area contributed by atoms with E-state index in [0.29, 0.717) is 17.2 Å². The Balaban J connectivity index is 2.00. The van der Waals surface area contributed by atoms with Gasteiger partial charge in [-0.25, -0.2) is 9.78 Å². The van der Waals surface area contributed by atoms with Crippen molar-refractivity contribution in [3.63, 3.8) is 0 Å². The van der Waals surface area contributed by atoms with Crippen LogP contribution >= 0.6 is 11.3 Å². The number of hydrogen-bond acceptors (Lipinski definition) is 8. The highest BCUT2D eigenvalue weighted by Gasteiger charge is 2.22. The van der Waals surface area contributed by atoms with E-state index >= 15 is 0 Å². The predicted molar refractivity (Wildman–Crippen MR) is 118 cm³/mol. The monoisotopic (exact) mass is 442 g/mol. The fraction of sp³-hybridized carbons (Fsp3) is 0.227. The average Bonchev–Trinajstić information content (AvgIpc) is 3.22. The molecule has 0 aliphatic heterocycles. The smallest absolute Gasteiger partial charge is 0.350 e. The standard InChI is InChI=1S/C22H22N2O6S/c1-5-30-22(26)19-15(24-20(25)14-7-6-10-23-21(14)29-4)12-18(31-19)13-8-9-16(27-2)17(11-13)28-3/h6-12H,5H2,1-4H3,(H,24,25). The molecule has 0 saturated carbocycles. The molecular formula is C22H22N2O6S. The summed E-state index contributed by atoms with van der Waals surface area (Å²) in [6.07, 6.45) is 1.53. The largest absolute Gasteiger partial charge is 0.493 e. The second-order valence-electron chi connectivity index (χ2n) is 6.16. The number of pyridine rings is 1. The lowest BCUT2D eigenvalue weighted by atomic mass is 10.1. The molecule has 9 heteroatoms.